The van der Waals surface area contributed by atoms with Gasteiger partial charge in [-0.25, -0.2) is 0 Å². The first-order valence-electron chi connectivity index (χ1n) is 4.15. The van der Waals surface area contributed by atoms with E-state index in [0.29, 0.717) is 0 Å². The SMILES string of the molecule is C/C(=C\c1ccco1)CC(C)N. The highest BCUT2D eigenvalue weighted by Crippen LogP contribution is 2.10. The van der Waals surface area contributed by atoms with Crippen LogP contribution >= 0.6 is 0 Å². The third-order valence-electron chi connectivity index (χ3n) is 1.58. The Hall–Kier alpha value is -1.02. The Bertz CT molecular complexity index is 247. The fraction of sp³-hybridized carbons (Fsp3) is 0.400. The molecule has 1 atom stereocenters. The van der Waals surface area contributed by atoms with Gasteiger partial charge in [-0.3, -0.25) is 0 Å². The minimum absolute atomic E-state index is 0.219. The molecule has 0 fully saturated rings. The highest BCUT2D eigenvalue weighted by molar-refractivity contribution is 5.46. The minimum Gasteiger partial charge on any atom is -0.465 e. The van der Waals surface area contributed by atoms with E-state index in [2.05, 4.69) is 6.92 Å². The average Bonchev–Trinajstić information content (AvgIpc) is 2.37. The molecule has 0 amide bonds. The molecule has 0 radical (unpaired) electrons. The van der Waals surface area contributed by atoms with Gasteiger partial charge < -0.3 is 10.2 Å². The van der Waals surface area contributed by atoms with Crippen molar-refractivity contribution >= 4 is 6.08 Å². The fourth-order valence-electron chi connectivity index (χ4n) is 1.18. The molecule has 0 saturated carbocycles. The summed E-state index contributed by atoms with van der Waals surface area (Å²) in [7, 11) is 0. The molecule has 0 aliphatic heterocycles. The van der Waals surface area contributed by atoms with Crippen molar-refractivity contribution in [3.63, 3.8) is 0 Å². The molecule has 0 aliphatic carbocycles. The normalized spacial score (nSPS) is 14.8. The van der Waals surface area contributed by atoms with Gasteiger partial charge in [0, 0.05) is 6.04 Å². The van der Waals surface area contributed by atoms with E-state index in [4.69, 9.17) is 10.2 Å². The van der Waals surface area contributed by atoms with Crippen molar-refractivity contribution in [1.29, 1.82) is 0 Å². The predicted octanol–water partition coefficient (Wildman–Crippen LogP) is 2.42. The molecule has 0 aliphatic rings. The maximum atomic E-state index is 5.65. The fourth-order valence-corrected chi connectivity index (χ4v) is 1.18. The van der Waals surface area contributed by atoms with E-state index in [0.717, 1.165) is 12.2 Å². The van der Waals surface area contributed by atoms with Crippen LogP contribution in [0.4, 0.5) is 0 Å². The first-order valence-corrected chi connectivity index (χ1v) is 4.15. The highest BCUT2D eigenvalue weighted by atomic mass is 16.3. The summed E-state index contributed by atoms with van der Waals surface area (Å²) >= 11 is 0. The first-order chi connectivity index (χ1) is 5.68. The molecule has 0 saturated heterocycles. The molecular formula is C10H15NO. The molecule has 0 aromatic carbocycles. The second kappa shape index (κ2) is 4.12. The molecular weight excluding hydrogens is 150 g/mol. The van der Waals surface area contributed by atoms with Crippen LogP contribution in [0.5, 0.6) is 0 Å². The van der Waals surface area contributed by atoms with Crippen molar-refractivity contribution in [2.75, 3.05) is 0 Å². The first kappa shape index (κ1) is 9.07. The van der Waals surface area contributed by atoms with Crippen LogP contribution in [0.2, 0.25) is 0 Å². The van der Waals surface area contributed by atoms with Crippen LogP contribution in [0.25, 0.3) is 6.08 Å². The van der Waals surface area contributed by atoms with E-state index >= 15 is 0 Å². The van der Waals surface area contributed by atoms with Crippen LogP contribution in [0, 0.1) is 0 Å². The second-order valence-electron chi connectivity index (χ2n) is 3.19. The van der Waals surface area contributed by atoms with Gasteiger partial charge in [-0.2, -0.15) is 0 Å². The summed E-state index contributed by atoms with van der Waals surface area (Å²) in [5, 5.41) is 0. The maximum Gasteiger partial charge on any atom is 0.126 e. The van der Waals surface area contributed by atoms with E-state index in [1.807, 2.05) is 25.1 Å². The van der Waals surface area contributed by atoms with Crippen LogP contribution in [0.1, 0.15) is 26.0 Å². The molecule has 1 unspecified atom stereocenters. The van der Waals surface area contributed by atoms with Crippen LogP contribution in [0.15, 0.2) is 28.4 Å². The predicted molar refractivity (Wildman–Crippen MR) is 50.6 cm³/mol. The number of hydrogen-bond acceptors (Lipinski definition) is 2. The summed E-state index contributed by atoms with van der Waals surface area (Å²) < 4.78 is 5.17. The zero-order valence-electron chi connectivity index (χ0n) is 7.58. The smallest absolute Gasteiger partial charge is 0.126 e. The lowest BCUT2D eigenvalue weighted by Crippen LogP contribution is -2.14. The van der Waals surface area contributed by atoms with E-state index in [1.54, 1.807) is 6.26 Å². The van der Waals surface area contributed by atoms with Gasteiger partial charge in [0.1, 0.15) is 5.76 Å². The molecule has 0 spiro atoms. The summed E-state index contributed by atoms with van der Waals surface area (Å²) in [6.07, 6.45) is 4.61. The van der Waals surface area contributed by atoms with Crippen molar-refractivity contribution in [3.8, 4) is 0 Å². The van der Waals surface area contributed by atoms with Gasteiger partial charge in [0.25, 0.3) is 0 Å². The lowest BCUT2D eigenvalue weighted by molar-refractivity contribution is 0.556. The summed E-state index contributed by atoms with van der Waals surface area (Å²) in [4.78, 5) is 0. The van der Waals surface area contributed by atoms with Gasteiger partial charge in [-0.1, -0.05) is 5.57 Å². The van der Waals surface area contributed by atoms with Gasteiger partial charge in [-0.15, -0.1) is 0 Å². The Morgan fingerprint density at radius 2 is 2.50 bits per heavy atom. The van der Waals surface area contributed by atoms with Crippen LogP contribution < -0.4 is 5.73 Å². The zero-order chi connectivity index (χ0) is 8.97. The quantitative estimate of drug-likeness (QED) is 0.747. The molecule has 2 N–H and O–H groups in total. The Morgan fingerprint density at radius 1 is 1.75 bits per heavy atom. The third-order valence-corrected chi connectivity index (χ3v) is 1.58. The topological polar surface area (TPSA) is 39.2 Å². The monoisotopic (exact) mass is 165 g/mol. The maximum absolute atomic E-state index is 5.65. The average molecular weight is 165 g/mol. The van der Waals surface area contributed by atoms with Crippen molar-refractivity contribution in [2.24, 2.45) is 5.73 Å². The van der Waals surface area contributed by atoms with Crippen molar-refractivity contribution in [3.05, 3.63) is 29.7 Å². The Morgan fingerprint density at radius 3 is 3.00 bits per heavy atom. The summed E-state index contributed by atoms with van der Waals surface area (Å²) in [6, 6.07) is 4.03. The molecule has 12 heavy (non-hydrogen) atoms. The van der Waals surface area contributed by atoms with Crippen molar-refractivity contribution < 1.29 is 4.42 Å². The van der Waals surface area contributed by atoms with E-state index in [-0.39, 0.29) is 6.04 Å². The molecule has 2 heteroatoms. The number of furan rings is 1. The largest absolute Gasteiger partial charge is 0.465 e. The lowest BCUT2D eigenvalue weighted by atomic mass is 10.1. The van der Waals surface area contributed by atoms with E-state index in [9.17, 15) is 0 Å². The molecule has 1 heterocycles. The highest BCUT2D eigenvalue weighted by Gasteiger charge is 1.97. The molecule has 1 aromatic rings. The molecule has 2 nitrogen and oxygen atoms in total. The molecule has 66 valence electrons. The molecule has 1 rings (SSSR count). The van der Waals surface area contributed by atoms with Gasteiger partial charge in [0.15, 0.2) is 0 Å². The van der Waals surface area contributed by atoms with Crippen molar-refractivity contribution in [1.82, 2.24) is 0 Å². The van der Waals surface area contributed by atoms with E-state index < -0.39 is 0 Å². The Balaban J connectivity index is 2.57. The summed E-state index contributed by atoms with van der Waals surface area (Å²) in [5.74, 6) is 0.896. The third kappa shape index (κ3) is 2.93. The number of nitrogens with two attached hydrogens (primary N) is 1. The van der Waals surface area contributed by atoms with Crippen LogP contribution in [-0.4, -0.2) is 6.04 Å². The number of hydrogen-bond donors (Lipinski definition) is 1. The van der Waals surface area contributed by atoms with E-state index in [1.165, 1.54) is 5.57 Å². The minimum atomic E-state index is 0.219. The van der Waals surface area contributed by atoms with Crippen molar-refractivity contribution in [2.45, 2.75) is 26.3 Å². The van der Waals surface area contributed by atoms with Crippen LogP contribution in [0.3, 0.4) is 0 Å². The second-order valence-corrected chi connectivity index (χ2v) is 3.19. The van der Waals surface area contributed by atoms with Gasteiger partial charge in [-0.05, 0) is 38.5 Å². The Kier molecular flexibility index (Phi) is 3.11. The zero-order valence-corrected chi connectivity index (χ0v) is 7.58. The van der Waals surface area contributed by atoms with Crippen LogP contribution in [-0.2, 0) is 0 Å². The Labute approximate surface area is 73.1 Å². The number of rotatable bonds is 3. The van der Waals surface area contributed by atoms with Gasteiger partial charge in [0.2, 0.25) is 0 Å². The molecule has 1 aromatic heterocycles. The summed E-state index contributed by atoms with van der Waals surface area (Å²) in [5.41, 5.74) is 6.90. The van der Waals surface area contributed by atoms with Gasteiger partial charge in [0.05, 0.1) is 6.26 Å². The summed E-state index contributed by atoms with van der Waals surface area (Å²) in [6.45, 7) is 4.06. The van der Waals surface area contributed by atoms with Gasteiger partial charge >= 0.3 is 0 Å². The lowest BCUT2D eigenvalue weighted by Gasteiger charge is -2.03. The molecule has 0 bridgehead atoms. The standard InChI is InChI=1S/C10H15NO/c1-8(6-9(2)11)7-10-4-3-5-12-10/h3-5,7,9H,6,11H2,1-2H3/b8-7+.